The molecule has 5 aromatic carbocycles. The summed E-state index contributed by atoms with van der Waals surface area (Å²) < 4.78 is 66.2. The Morgan fingerprint density at radius 1 is 0.673 bits per heavy atom. The van der Waals surface area contributed by atoms with Crippen LogP contribution in [-0.2, 0) is 20.2 Å². The zero-order valence-electron chi connectivity index (χ0n) is 28.9. The summed E-state index contributed by atoms with van der Waals surface area (Å²) >= 11 is 0. The minimum atomic E-state index is -4.93. The predicted molar refractivity (Wildman–Crippen MR) is 207 cm³/mol. The second-order valence-electron chi connectivity index (χ2n) is 12.1. The lowest BCUT2D eigenvalue weighted by Crippen LogP contribution is -2.27. The molecule has 18 heteroatoms. The van der Waals surface area contributed by atoms with E-state index in [-0.39, 0.29) is 33.3 Å². The van der Waals surface area contributed by atoms with E-state index in [1.54, 1.807) is 60.7 Å². The standard InChI is InChI=1S/C37H30N8O8S2/c1-21-17-27(39-37(47)23-3-5-25(38)6-4-23)10-15-32(21)43-41-28-11-16-33(22(2)18-28)44-42-29-9-14-31-24(19-29)20-34(55(51,52)53)35(36(31)46)45-40-26-7-12-30(13-8-26)54(48,49)50/h3-20,40H,38H2,1-2H3,(H,39,47)(H,48,49,50)(H,51,52,53)/b43-41?,44-42?,45-35+. The van der Waals surface area contributed by atoms with E-state index in [9.17, 15) is 31.0 Å². The normalized spacial score (nSPS) is 13.9. The summed E-state index contributed by atoms with van der Waals surface area (Å²) in [5.41, 5.74) is 13.0. The van der Waals surface area contributed by atoms with Crippen LogP contribution in [0.25, 0.3) is 6.08 Å². The van der Waals surface area contributed by atoms with Crippen LogP contribution < -0.4 is 16.5 Å². The first-order valence-corrected chi connectivity index (χ1v) is 18.9. The Balaban J connectivity index is 1.15. The number of fused-ring (bicyclic) bond motifs is 1. The fourth-order valence-corrected chi connectivity index (χ4v) is 6.37. The highest BCUT2D eigenvalue weighted by molar-refractivity contribution is 7.91. The lowest BCUT2D eigenvalue weighted by Gasteiger charge is -2.16. The number of azo groups is 2. The van der Waals surface area contributed by atoms with Crippen LogP contribution >= 0.6 is 0 Å². The van der Waals surface area contributed by atoms with Gasteiger partial charge in [0, 0.05) is 22.5 Å². The maximum Gasteiger partial charge on any atom is 0.296 e. The zero-order valence-corrected chi connectivity index (χ0v) is 30.5. The van der Waals surface area contributed by atoms with E-state index < -0.39 is 36.6 Å². The first-order chi connectivity index (χ1) is 26.0. The molecule has 0 aliphatic heterocycles. The van der Waals surface area contributed by atoms with Crippen molar-refractivity contribution in [1.82, 2.24) is 0 Å². The third-order valence-corrected chi connectivity index (χ3v) is 9.83. The van der Waals surface area contributed by atoms with Crippen molar-refractivity contribution in [1.29, 1.82) is 0 Å². The van der Waals surface area contributed by atoms with E-state index >= 15 is 0 Å². The number of ketones is 1. The highest BCUT2D eigenvalue weighted by atomic mass is 32.2. The smallest absolute Gasteiger partial charge is 0.296 e. The fraction of sp³-hybridized carbons (Fsp3) is 0.0541. The van der Waals surface area contributed by atoms with Crippen LogP contribution in [0.15, 0.2) is 138 Å². The van der Waals surface area contributed by atoms with E-state index in [0.717, 1.165) is 29.3 Å². The molecular weight excluding hydrogens is 749 g/mol. The summed E-state index contributed by atoms with van der Waals surface area (Å²) in [6.45, 7) is 3.66. The number of carbonyl (C=O) groups excluding carboxylic acids is 2. The molecule has 0 atom stereocenters. The maximum absolute atomic E-state index is 13.3. The number of hydrogen-bond donors (Lipinski definition) is 5. The Morgan fingerprint density at radius 3 is 1.85 bits per heavy atom. The van der Waals surface area contributed by atoms with Crippen molar-refractivity contribution in [2.45, 2.75) is 18.7 Å². The van der Waals surface area contributed by atoms with Crippen molar-refractivity contribution in [3.63, 3.8) is 0 Å². The number of aryl methyl sites for hydroxylation is 2. The maximum atomic E-state index is 13.3. The molecule has 55 heavy (non-hydrogen) atoms. The summed E-state index contributed by atoms with van der Waals surface area (Å²) in [6, 6.07) is 26.0. The van der Waals surface area contributed by atoms with E-state index in [1.165, 1.54) is 30.3 Å². The molecule has 1 aliphatic carbocycles. The monoisotopic (exact) mass is 778 g/mol. The van der Waals surface area contributed by atoms with Crippen LogP contribution in [0.1, 0.15) is 37.4 Å². The molecule has 6 N–H and O–H groups in total. The summed E-state index contributed by atoms with van der Waals surface area (Å²) in [7, 11) is -9.38. The minimum absolute atomic E-state index is 0.0762. The topological polar surface area (TPSA) is 255 Å². The average Bonchev–Trinajstić information content (AvgIpc) is 3.13. The fourth-order valence-electron chi connectivity index (χ4n) is 5.23. The number of benzene rings is 5. The van der Waals surface area contributed by atoms with Crippen LogP contribution in [0.2, 0.25) is 0 Å². The van der Waals surface area contributed by atoms with Gasteiger partial charge in [-0.2, -0.15) is 42.4 Å². The van der Waals surface area contributed by atoms with Gasteiger partial charge >= 0.3 is 0 Å². The first kappa shape index (κ1) is 38.0. The Bertz CT molecular complexity index is 2710. The molecule has 0 radical (unpaired) electrons. The Hall–Kier alpha value is -6.73. The van der Waals surface area contributed by atoms with Gasteiger partial charge in [-0.3, -0.25) is 24.1 Å². The van der Waals surface area contributed by atoms with Crippen LogP contribution in [0.5, 0.6) is 0 Å². The van der Waals surface area contributed by atoms with Crippen LogP contribution in [0, 0.1) is 13.8 Å². The van der Waals surface area contributed by atoms with E-state index in [0.29, 0.717) is 34.0 Å². The number of allylic oxidation sites excluding steroid dienone is 1. The number of anilines is 3. The number of nitrogens with two attached hydrogens (primary N) is 1. The van der Waals surface area contributed by atoms with Gasteiger partial charge in [-0.15, -0.1) is 0 Å². The summed E-state index contributed by atoms with van der Waals surface area (Å²) in [4.78, 5) is 24.7. The highest BCUT2D eigenvalue weighted by Crippen LogP contribution is 2.32. The number of nitrogen functional groups attached to an aromatic ring is 1. The quantitative estimate of drug-likeness (QED) is 0.0394. The van der Waals surface area contributed by atoms with Crippen LogP contribution in [0.4, 0.5) is 39.8 Å². The summed E-state index contributed by atoms with van der Waals surface area (Å²) in [6.07, 6.45) is 1.07. The van der Waals surface area contributed by atoms with Gasteiger partial charge in [0.05, 0.1) is 33.3 Å². The second-order valence-corrected chi connectivity index (χ2v) is 14.9. The molecule has 0 bridgehead atoms. The number of hydrogen-bond acceptors (Lipinski definition) is 13. The number of carbonyl (C=O) groups is 2. The van der Waals surface area contributed by atoms with Crippen molar-refractivity contribution in [2.75, 3.05) is 16.5 Å². The van der Waals surface area contributed by atoms with Gasteiger partial charge in [0.15, 0.2) is 5.71 Å². The predicted octanol–water partition coefficient (Wildman–Crippen LogP) is 8.11. The molecule has 16 nitrogen and oxygen atoms in total. The largest absolute Gasteiger partial charge is 0.399 e. The van der Waals surface area contributed by atoms with E-state index in [4.69, 9.17) is 10.3 Å². The Morgan fingerprint density at radius 2 is 1.25 bits per heavy atom. The molecule has 0 fully saturated rings. The Kier molecular flexibility index (Phi) is 10.6. The van der Waals surface area contributed by atoms with Gasteiger partial charge in [-0.05, 0) is 140 Å². The number of amides is 1. The highest BCUT2D eigenvalue weighted by Gasteiger charge is 2.33. The van der Waals surface area contributed by atoms with E-state index in [1.807, 2.05) is 13.8 Å². The zero-order chi connectivity index (χ0) is 39.5. The van der Waals surface area contributed by atoms with Crippen molar-refractivity contribution < 1.29 is 35.5 Å². The molecule has 1 amide bonds. The molecule has 0 saturated heterocycles. The minimum Gasteiger partial charge on any atom is -0.399 e. The molecule has 0 saturated carbocycles. The lowest BCUT2D eigenvalue weighted by atomic mass is 9.94. The number of hydrazone groups is 1. The van der Waals surface area contributed by atoms with Gasteiger partial charge < -0.3 is 11.1 Å². The molecule has 278 valence electrons. The number of nitrogens with zero attached hydrogens (tertiary/aromatic N) is 5. The Labute approximate surface area is 314 Å². The third-order valence-electron chi connectivity index (χ3n) is 8.10. The van der Waals surface area contributed by atoms with Crippen LogP contribution in [0.3, 0.4) is 0 Å². The van der Waals surface area contributed by atoms with Gasteiger partial charge in [0.1, 0.15) is 4.91 Å². The molecule has 5 aromatic rings. The molecule has 0 aromatic heterocycles. The SMILES string of the molecule is Cc1cc(N=Nc2ccc(NC(=O)c3ccc(N)cc3)cc2C)ccc1N=Nc1ccc2c(c1)C=C(S(=O)(=O)O)/C(=N\Nc1ccc(S(=O)(=O)O)cc1)C2=O. The van der Waals surface area contributed by atoms with Crippen molar-refractivity contribution in [2.24, 2.45) is 25.6 Å². The third kappa shape index (κ3) is 9.08. The summed E-state index contributed by atoms with van der Waals surface area (Å²) in [5.74, 6) is -1.09. The van der Waals surface area contributed by atoms with Gasteiger partial charge in [-0.25, -0.2) is 0 Å². The van der Waals surface area contributed by atoms with Crippen LogP contribution in [-0.4, -0.2) is 43.3 Å². The molecule has 0 unspecified atom stereocenters. The second kappa shape index (κ2) is 15.3. The summed E-state index contributed by atoms with van der Waals surface area (Å²) in [5, 5.41) is 23.9. The van der Waals surface area contributed by atoms with Crippen molar-refractivity contribution in [3.8, 4) is 0 Å². The lowest BCUT2D eigenvalue weighted by molar-refractivity contribution is 0.102. The number of rotatable bonds is 10. The molecule has 1 aliphatic rings. The van der Waals surface area contributed by atoms with Gasteiger partial charge in [0.25, 0.3) is 26.1 Å². The average molecular weight is 779 g/mol. The first-order valence-electron chi connectivity index (χ1n) is 16.1. The molecule has 0 spiro atoms. The number of nitrogens with one attached hydrogen (secondary N) is 2. The van der Waals surface area contributed by atoms with E-state index in [2.05, 4.69) is 36.3 Å². The molecule has 0 heterocycles. The van der Waals surface area contributed by atoms with Crippen molar-refractivity contribution >= 4 is 83.5 Å². The van der Waals surface area contributed by atoms with Crippen molar-refractivity contribution in [3.05, 3.63) is 136 Å². The number of Topliss-reactive ketones (excluding diaryl/α,β-unsaturated/α-hetero) is 1. The molecule has 6 rings (SSSR count). The van der Waals surface area contributed by atoms with Gasteiger partial charge in [-0.1, -0.05) is 0 Å². The molecular formula is C37H30N8O8S2. The van der Waals surface area contributed by atoms with Gasteiger partial charge in [0.2, 0.25) is 5.78 Å².